The highest BCUT2D eigenvalue weighted by atomic mass is 19.1. The summed E-state index contributed by atoms with van der Waals surface area (Å²) in [5, 5.41) is 14.4. The number of aromatic nitrogens is 5. The SMILES string of the molecule is CCOC(=O)N[C@@H](C)Cn1nnc(-c2ccc(F)cn2)n1. The molecule has 112 valence electrons. The molecule has 21 heavy (non-hydrogen) atoms. The van der Waals surface area contributed by atoms with Gasteiger partial charge in [0.15, 0.2) is 0 Å². The van der Waals surface area contributed by atoms with E-state index in [0.29, 0.717) is 24.7 Å². The molecule has 0 spiro atoms. The van der Waals surface area contributed by atoms with Crippen molar-refractivity contribution in [1.82, 2.24) is 30.5 Å². The van der Waals surface area contributed by atoms with Crippen molar-refractivity contribution in [3.63, 3.8) is 0 Å². The Morgan fingerprint density at radius 2 is 2.33 bits per heavy atom. The number of halogens is 1. The van der Waals surface area contributed by atoms with Gasteiger partial charge in [-0.2, -0.15) is 4.80 Å². The Morgan fingerprint density at radius 3 is 3.00 bits per heavy atom. The summed E-state index contributed by atoms with van der Waals surface area (Å²) < 4.78 is 17.6. The zero-order chi connectivity index (χ0) is 15.2. The minimum Gasteiger partial charge on any atom is -0.450 e. The average molecular weight is 294 g/mol. The molecule has 0 fully saturated rings. The van der Waals surface area contributed by atoms with E-state index in [9.17, 15) is 9.18 Å². The van der Waals surface area contributed by atoms with Gasteiger partial charge in [-0.25, -0.2) is 14.2 Å². The van der Waals surface area contributed by atoms with Crippen LogP contribution in [-0.2, 0) is 11.3 Å². The van der Waals surface area contributed by atoms with Gasteiger partial charge in [-0.05, 0) is 31.2 Å². The largest absolute Gasteiger partial charge is 0.450 e. The number of rotatable bonds is 5. The molecular weight excluding hydrogens is 279 g/mol. The second-order valence-electron chi connectivity index (χ2n) is 4.30. The lowest BCUT2D eigenvalue weighted by atomic mass is 10.3. The second kappa shape index (κ2) is 6.73. The summed E-state index contributed by atoms with van der Waals surface area (Å²) in [6.45, 7) is 4.15. The van der Waals surface area contributed by atoms with E-state index in [1.807, 2.05) is 0 Å². The molecule has 0 bridgehead atoms. The van der Waals surface area contributed by atoms with Gasteiger partial charge in [-0.15, -0.1) is 10.2 Å². The zero-order valence-electron chi connectivity index (χ0n) is 11.7. The van der Waals surface area contributed by atoms with Crippen molar-refractivity contribution in [3.8, 4) is 11.5 Å². The number of amides is 1. The third-order valence-corrected chi connectivity index (χ3v) is 2.49. The predicted molar refractivity (Wildman–Crippen MR) is 70.6 cm³/mol. The van der Waals surface area contributed by atoms with Crippen LogP contribution in [0.25, 0.3) is 11.5 Å². The molecule has 0 saturated heterocycles. The summed E-state index contributed by atoms with van der Waals surface area (Å²) in [5.41, 5.74) is 0.425. The van der Waals surface area contributed by atoms with Crippen LogP contribution in [0, 0.1) is 5.82 Å². The topological polar surface area (TPSA) is 94.8 Å². The first-order valence-corrected chi connectivity index (χ1v) is 6.41. The Labute approximate surface area is 120 Å². The first kappa shape index (κ1) is 14.8. The van der Waals surface area contributed by atoms with E-state index < -0.39 is 11.9 Å². The summed E-state index contributed by atoms with van der Waals surface area (Å²) in [6.07, 6.45) is 0.589. The molecule has 0 aliphatic rings. The first-order valence-electron chi connectivity index (χ1n) is 6.41. The summed E-state index contributed by atoms with van der Waals surface area (Å²) in [5.74, 6) is -0.142. The molecule has 0 aromatic carbocycles. The molecule has 0 unspecified atom stereocenters. The predicted octanol–water partition coefficient (Wildman–Crippen LogP) is 1.01. The van der Waals surface area contributed by atoms with Gasteiger partial charge in [0.2, 0.25) is 5.82 Å². The van der Waals surface area contributed by atoms with E-state index in [1.54, 1.807) is 13.8 Å². The molecule has 0 radical (unpaired) electrons. The van der Waals surface area contributed by atoms with E-state index in [-0.39, 0.29) is 6.04 Å². The number of nitrogens with zero attached hydrogens (tertiary/aromatic N) is 5. The number of tetrazole rings is 1. The van der Waals surface area contributed by atoms with Crippen molar-refractivity contribution in [2.24, 2.45) is 0 Å². The van der Waals surface area contributed by atoms with Gasteiger partial charge in [-0.1, -0.05) is 0 Å². The first-order chi connectivity index (χ1) is 10.1. The van der Waals surface area contributed by atoms with E-state index in [2.05, 4.69) is 25.7 Å². The maximum atomic E-state index is 12.8. The minimum atomic E-state index is -0.495. The fourth-order valence-corrected chi connectivity index (χ4v) is 1.60. The molecule has 2 heterocycles. The van der Waals surface area contributed by atoms with Crippen molar-refractivity contribution >= 4 is 6.09 Å². The molecule has 1 amide bonds. The number of ether oxygens (including phenoxy) is 1. The van der Waals surface area contributed by atoms with Crippen LogP contribution in [0.5, 0.6) is 0 Å². The van der Waals surface area contributed by atoms with E-state index in [1.165, 1.54) is 16.9 Å². The molecule has 0 saturated carbocycles. The smallest absolute Gasteiger partial charge is 0.407 e. The average Bonchev–Trinajstić information content (AvgIpc) is 2.88. The van der Waals surface area contributed by atoms with E-state index >= 15 is 0 Å². The number of hydrogen-bond acceptors (Lipinski definition) is 6. The van der Waals surface area contributed by atoms with Crippen molar-refractivity contribution in [2.75, 3.05) is 6.61 Å². The monoisotopic (exact) mass is 294 g/mol. The number of pyridine rings is 1. The maximum Gasteiger partial charge on any atom is 0.407 e. The van der Waals surface area contributed by atoms with Crippen LogP contribution in [-0.4, -0.2) is 43.9 Å². The molecule has 1 atom stereocenters. The van der Waals surface area contributed by atoms with Crippen LogP contribution in [0.3, 0.4) is 0 Å². The molecule has 9 heteroatoms. The Bertz CT molecular complexity index is 600. The highest BCUT2D eigenvalue weighted by molar-refractivity contribution is 5.67. The lowest BCUT2D eigenvalue weighted by molar-refractivity contribution is 0.147. The van der Waals surface area contributed by atoms with Crippen LogP contribution in [0.15, 0.2) is 18.3 Å². The lowest BCUT2D eigenvalue weighted by Crippen LogP contribution is -2.36. The Hall–Kier alpha value is -2.58. The van der Waals surface area contributed by atoms with Gasteiger partial charge in [0.1, 0.15) is 11.5 Å². The fraction of sp³-hybridized carbons (Fsp3) is 0.417. The standard InChI is InChI=1S/C12H15FN6O2/c1-3-21-12(20)15-8(2)7-19-17-11(16-18-19)10-5-4-9(13)6-14-10/h4-6,8H,3,7H2,1-2H3,(H,15,20)/t8-/m0/s1. The lowest BCUT2D eigenvalue weighted by Gasteiger charge is -2.11. The van der Waals surface area contributed by atoms with Crippen LogP contribution < -0.4 is 5.32 Å². The number of carbonyl (C=O) groups is 1. The third-order valence-electron chi connectivity index (χ3n) is 2.49. The van der Waals surface area contributed by atoms with Gasteiger partial charge in [-0.3, -0.25) is 0 Å². The molecule has 0 aliphatic carbocycles. The van der Waals surface area contributed by atoms with Gasteiger partial charge in [0.05, 0.1) is 25.4 Å². The van der Waals surface area contributed by atoms with Crippen LogP contribution in [0.4, 0.5) is 9.18 Å². The number of nitrogens with one attached hydrogen (secondary N) is 1. The highest BCUT2D eigenvalue weighted by Gasteiger charge is 2.12. The molecule has 0 aliphatic heterocycles. The van der Waals surface area contributed by atoms with Crippen molar-refractivity contribution in [2.45, 2.75) is 26.4 Å². The van der Waals surface area contributed by atoms with Gasteiger partial charge >= 0.3 is 6.09 Å². The summed E-state index contributed by atoms with van der Waals surface area (Å²) in [4.78, 5) is 16.5. The summed E-state index contributed by atoms with van der Waals surface area (Å²) >= 11 is 0. The van der Waals surface area contributed by atoms with Gasteiger partial charge in [0.25, 0.3) is 0 Å². The molecule has 8 nitrogen and oxygen atoms in total. The maximum absolute atomic E-state index is 12.8. The highest BCUT2D eigenvalue weighted by Crippen LogP contribution is 2.09. The Morgan fingerprint density at radius 1 is 1.52 bits per heavy atom. The molecule has 2 aromatic heterocycles. The molecular formula is C12H15FN6O2. The summed E-state index contributed by atoms with van der Waals surface area (Å²) in [7, 11) is 0. The Balaban J connectivity index is 1.96. The number of carbonyl (C=O) groups excluding carboxylic acids is 1. The fourth-order valence-electron chi connectivity index (χ4n) is 1.60. The van der Waals surface area contributed by atoms with Gasteiger partial charge < -0.3 is 10.1 Å². The quantitative estimate of drug-likeness (QED) is 0.884. The van der Waals surface area contributed by atoms with Crippen LogP contribution in [0.2, 0.25) is 0 Å². The second-order valence-corrected chi connectivity index (χ2v) is 4.30. The number of hydrogen-bond donors (Lipinski definition) is 1. The third kappa shape index (κ3) is 4.20. The van der Waals surface area contributed by atoms with E-state index in [4.69, 9.17) is 4.74 Å². The van der Waals surface area contributed by atoms with Crippen LogP contribution >= 0.6 is 0 Å². The van der Waals surface area contributed by atoms with Crippen molar-refractivity contribution < 1.29 is 13.9 Å². The van der Waals surface area contributed by atoms with Crippen LogP contribution in [0.1, 0.15) is 13.8 Å². The molecule has 2 aromatic rings. The minimum absolute atomic E-state index is 0.229. The Kier molecular flexibility index (Phi) is 4.75. The molecule has 1 N–H and O–H groups in total. The van der Waals surface area contributed by atoms with Gasteiger partial charge in [0, 0.05) is 0 Å². The normalized spacial score (nSPS) is 12.0. The number of alkyl carbamates (subject to hydrolysis) is 1. The van der Waals surface area contributed by atoms with Crippen molar-refractivity contribution in [1.29, 1.82) is 0 Å². The summed E-state index contributed by atoms with van der Waals surface area (Å²) in [6, 6.07) is 2.51. The van der Waals surface area contributed by atoms with E-state index in [0.717, 1.165) is 6.20 Å². The zero-order valence-corrected chi connectivity index (χ0v) is 11.7. The van der Waals surface area contributed by atoms with Crippen molar-refractivity contribution in [3.05, 3.63) is 24.1 Å². The molecule has 2 rings (SSSR count).